The van der Waals surface area contributed by atoms with Crippen LogP contribution in [0, 0.1) is 0 Å². The number of nitrogens with zero attached hydrogens (tertiary/aromatic N) is 2. The maximum Gasteiger partial charge on any atom is 0.161 e. The lowest BCUT2D eigenvalue weighted by atomic mass is 10.1. The molecule has 0 radical (unpaired) electrons. The second kappa shape index (κ2) is 10.6. The summed E-state index contributed by atoms with van der Waals surface area (Å²) >= 11 is 0. The molecule has 3 aromatic rings. The number of hydrogen-bond acceptors (Lipinski definition) is 5. The molecule has 1 heterocycles. The van der Waals surface area contributed by atoms with Crippen LogP contribution in [0.5, 0.6) is 11.5 Å². The first-order valence-electron chi connectivity index (χ1n) is 9.77. The largest absolute Gasteiger partial charge is 0.493 e. The van der Waals surface area contributed by atoms with Crippen molar-refractivity contribution in [3.05, 3.63) is 89.7 Å². The quantitative estimate of drug-likeness (QED) is 0.565. The Balaban J connectivity index is 1.65. The molecule has 152 valence electrons. The molecule has 5 nitrogen and oxygen atoms in total. The highest BCUT2D eigenvalue weighted by Crippen LogP contribution is 2.29. The van der Waals surface area contributed by atoms with Gasteiger partial charge in [-0.15, -0.1) is 0 Å². The smallest absolute Gasteiger partial charge is 0.161 e. The fraction of sp³-hybridized carbons (Fsp3) is 0.292. The van der Waals surface area contributed by atoms with Crippen LogP contribution < -0.4 is 14.8 Å². The fourth-order valence-corrected chi connectivity index (χ4v) is 3.16. The Kier molecular flexibility index (Phi) is 7.61. The fourth-order valence-electron chi connectivity index (χ4n) is 3.16. The van der Waals surface area contributed by atoms with Crippen molar-refractivity contribution in [2.45, 2.75) is 19.2 Å². The maximum absolute atomic E-state index is 5.94. The van der Waals surface area contributed by atoms with Crippen LogP contribution in [-0.2, 0) is 13.2 Å². The van der Waals surface area contributed by atoms with E-state index in [0.717, 1.165) is 35.7 Å². The van der Waals surface area contributed by atoms with Gasteiger partial charge in [0.25, 0.3) is 0 Å². The predicted molar refractivity (Wildman–Crippen MR) is 116 cm³/mol. The lowest BCUT2D eigenvalue weighted by Crippen LogP contribution is -2.30. The average molecular weight is 392 g/mol. The molecule has 1 unspecified atom stereocenters. The SMILES string of the molecule is COc1cc(CNC(CN(C)C)c2ccccc2)ccc1OCc1ccncc1. The molecule has 0 aliphatic rings. The summed E-state index contributed by atoms with van der Waals surface area (Å²) in [5.41, 5.74) is 3.51. The lowest BCUT2D eigenvalue weighted by molar-refractivity contribution is 0.284. The van der Waals surface area contributed by atoms with Gasteiger partial charge < -0.3 is 19.7 Å². The molecular weight excluding hydrogens is 362 g/mol. The Bertz CT molecular complexity index is 870. The molecule has 0 spiro atoms. The van der Waals surface area contributed by atoms with Crippen molar-refractivity contribution in [2.24, 2.45) is 0 Å². The van der Waals surface area contributed by atoms with Crippen molar-refractivity contribution in [3.8, 4) is 11.5 Å². The van der Waals surface area contributed by atoms with Gasteiger partial charge in [-0.1, -0.05) is 36.4 Å². The van der Waals surface area contributed by atoms with Crippen molar-refractivity contribution in [3.63, 3.8) is 0 Å². The number of aromatic nitrogens is 1. The van der Waals surface area contributed by atoms with Crippen LogP contribution in [0.25, 0.3) is 0 Å². The number of pyridine rings is 1. The van der Waals surface area contributed by atoms with Gasteiger partial charge >= 0.3 is 0 Å². The number of methoxy groups -OCH3 is 1. The molecule has 0 fully saturated rings. The summed E-state index contributed by atoms with van der Waals surface area (Å²) in [5.74, 6) is 1.48. The standard InChI is InChI=1S/C24H29N3O2/c1-27(2)17-22(21-7-5-4-6-8-21)26-16-20-9-10-23(24(15-20)28-3)29-18-19-11-13-25-14-12-19/h4-15,22,26H,16-18H2,1-3H3. The molecule has 5 heteroatoms. The van der Waals surface area contributed by atoms with Crippen LogP contribution in [0.2, 0.25) is 0 Å². The van der Waals surface area contributed by atoms with Gasteiger partial charge in [-0.05, 0) is 55.1 Å². The molecule has 1 atom stereocenters. The Labute approximate surface area is 173 Å². The highest BCUT2D eigenvalue weighted by Gasteiger charge is 2.13. The molecule has 0 aliphatic heterocycles. The number of rotatable bonds is 10. The van der Waals surface area contributed by atoms with E-state index >= 15 is 0 Å². The number of benzene rings is 2. The number of nitrogens with one attached hydrogen (secondary N) is 1. The summed E-state index contributed by atoms with van der Waals surface area (Å²) in [4.78, 5) is 6.23. The molecule has 3 rings (SSSR count). The van der Waals surface area contributed by atoms with Gasteiger partial charge in [-0.25, -0.2) is 0 Å². The molecule has 1 aromatic heterocycles. The van der Waals surface area contributed by atoms with Gasteiger partial charge in [0.1, 0.15) is 6.61 Å². The van der Waals surface area contributed by atoms with Crippen LogP contribution in [0.3, 0.4) is 0 Å². The van der Waals surface area contributed by atoms with E-state index in [1.165, 1.54) is 5.56 Å². The van der Waals surface area contributed by atoms with Gasteiger partial charge in [0.05, 0.1) is 7.11 Å². The van der Waals surface area contributed by atoms with Gasteiger partial charge in [0.2, 0.25) is 0 Å². The zero-order chi connectivity index (χ0) is 20.5. The highest BCUT2D eigenvalue weighted by molar-refractivity contribution is 5.43. The summed E-state index contributed by atoms with van der Waals surface area (Å²) < 4.78 is 11.5. The van der Waals surface area contributed by atoms with E-state index in [4.69, 9.17) is 9.47 Å². The molecule has 0 amide bonds. The topological polar surface area (TPSA) is 46.6 Å². The molecule has 0 aliphatic carbocycles. The third-order valence-electron chi connectivity index (χ3n) is 4.67. The van der Waals surface area contributed by atoms with Crippen molar-refractivity contribution in [2.75, 3.05) is 27.7 Å². The second-order valence-electron chi connectivity index (χ2n) is 7.24. The molecule has 29 heavy (non-hydrogen) atoms. The van der Waals surface area contributed by atoms with Crippen LogP contribution in [0.1, 0.15) is 22.7 Å². The molecule has 0 bridgehead atoms. The van der Waals surface area contributed by atoms with Crippen LogP contribution in [-0.4, -0.2) is 37.6 Å². The first-order valence-corrected chi connectivity index (χ1v) is 9.77. The minimum Gasteiger partial charge on any atom is -0.493 e. The predicted octanol–water partition coefficient (Wildman–Crippen LogP) is 4.06. The minimum absolute atomic E-state index is 0.250. The Morgan fingerprint density at radius 1 is 0.931 bits per heavy atom. The van der Waals surface area contributed by atoms with Gasteiger partial charge in [0, 0.05) is 31.5 Å². The molecule has 1 N–H and O–H groups in total. The van der Waals surface area contributed by atoms with E-state index in [0.29, 0.717) is 6.61 Å². The van der Waals surface area contributed by atoms with E-state index in [-0.39, 0.29) is 6.04 Å². The molecule has 0 saturated carbocycles. The summed E-state index contributed by atoms with van der Waals surface area (Å²) in [6.45, 7) is 2.15. The summed E-state index contributed by atoms with van der Waals surface area (Å²) in [6, 6.07) is 20.8. The van der Waals surface area contributed by atoms with E-state index in [1.807, 2.05) is 30.3 Å². The Hall–Kier alpha value is -2.89. The van der Waals surface area contributed by atoms with Crippen molar-refractivity contribution >= 4 is 0 Å². The number of likely N-dealkylation sites (N-methyl/N-ethyl adjacent to an activating group) is 1. The highest BCUT2D eigenvalue weighted by atomic mass is 16.5. The third-order valence-corrected chi connectivity index (χ3v) is 4.67. The van der Waals surface area contributed by atoms with Crippen molar-refractivity contribution < 1.29 is 9.47 Å². The first kappa shape index (κ1) is 20.8. The lowest BCUT2D eigenvalue weighted by Gasteiger charge is -2.23. The average Bonchev–Trinajstić information content (AvgIpc) is 2.76. The molecular formula is C24H29N3O2. The zero-order valence-electron chi connectivity index (χ0n) is 17.3. The first-order chi connectivity index (χ1) is 14.2. The van der Waals surface area contributed by atoms with Gasteiger partial charge in [0.15, 0.2) is 11.5 Å². The summed E-state index contributed by atoms with van der Waals surface area (Å²) in [5, 5.41) is 3.67. The second-order valence-corrected chi connectivity index (χ2v) is 7.24. The van der Waals surface area contributed by atoms with E-state index in [1.54, 1.807) is 19.5 Å². The van der Waals surface area contributed by atoms with Gasteiger partial charge in [-0.3, -0.25) is 4.98 Å². The monoisotopic (exact) mass is 391 g/mol. The van der Waals surface area contributed by atoms with Gasteiger partial charge in [-0.2, -0.15) is 0 Å². The van der Waals surface area contributed by atoms with E-state index in [9.17, 15) is 0 Å². The van der Waals surface area contributed by atoms with Crippen LogP contribution in [0.15, 0.2) is 73.1 Å². The number of ether oxygens (including phenoxy) is 2. The van der Waals surface area contributed by atoms with Crippen LogP contribution >= 0.6 is 0 Å². The normalized spacial score (nSPS) is 12.0. The minimum atomic E-state index is 0.250. The summed E-state index contributed by atoms with van der Waals surface area (Å²) in [7, 11) is 5.86. The Morgan fingerprint density at radius 2 is 1.69 bits per heavy atom. The van der Waals surface area contributed by atoms with E-state index < -0.39 is 0 Å². The molecule has 0 saturated heterocycles. The molecule has 2 aromatic carbocycles. The zero-order valence-corrected chi connectivity index (χ0v) is 17.3. The Morgan fingerprint density at radius 3 is 2.38 bits per heavy atom. The number of hydrogen-bond donors (Lipinski definition) is 1. The summed E-state index contributed by atoms with van der Waals surface area (Å²) in [6.07, 6.45) is 3.53. The van der Waals surface area contributed by atoms with Crippen molar-refractivity contribution in [1.82, 2.24) is 15.2 Å². The maximum atomic E-state index is 5.94. The third kappa shape index (κ3) is 6.31. The van der Waals surface area contributed by atoms with E-state index in [2.05, 4.69) is 59.6 Å². The van der Waals surface area contributed by atoms with Crippen molar-refractivity contribution in [1.29, 1.82) is 0 Å². The van der Waals surface area contributed by atoms with Crippen LogP contribution in [0.4, 0.5) is 0 Å².